The molecule has 2 N–H and O–H groups in total. The molecule has 1 heterocycles. The highest BCUT2D eigenvalue weighted by Crippen LogP contribution is 2.33. The minimum atomic E-state index is 0.176. The number of carbonyl (C=O) groups excluding carboxylic acids is 1. The molecule has 1 amide bonds. The number of furan rings is 1. The molecule has 0 bridgehead atoms. The molecule has 2 aliphatic rings. The average molecular weight is 262 g/mol. The van der Waals surface area contributed by atoms with E-state index in [9.17, 15) is 4.79 Å². The van der Waals surface area contributed by atoms with Gasteiger partial charge in [-0.15, -0.1) is 0 Å². The van der Waals surface area contributed by atoms with Crippen LogP contribution in [0.5, 0.6) is 0 Å². The van der Waals surface area contributed by atoms with Crippen LogP contribution in [0.2, 0.25) is 0 Å². The first-order valence-electron chi connectivity index (χ1n) is 7.32. The van der Waals surface area contributed by atoms with Gasteiger partial charge in [0.2, 0.25) is 5.91 Å². The second-order valence-electron chi connectivity index (χ2n) is 5.89. The summed E-state index contributed by atoms with van der Waals surface area (Å²) in [4.78, 5) is 14.7. The van der Waals surface area contributed by atoms with Crippen LogP contribution in [-0.2, 0) is 11.3 Å². The van der Waals surface area contributed by atoms with Gasteiger partial charge in [0.1, 0.15) is 5.76 Å². The van der Waals surface area contributed by atoms with Crippen LogP contribution in [0, 0.1) is 5.92 Å². The van der Waals surface area contributed by atoms with Crippen molar-refractivity contribution < 1.29 is 9.21 Å². The summed E-state index contributed by atoms with van der Waals surface area (Å²) in [7, 11) is 0. The molecule has 2 fully saturated rings. The zero-order valence-electron chi connectivity index (χ0n) is 11.3. The number of nitrogens with two attached hydrogens (primary N) is 1. The van der Waals surface area contributed by atoms with Crippen molar-refractivity contribution in [2.24, 2.45) is 11.7 Å². The lowest BCUT2D eigenvalue weighted by atomic mass is 9.85. The van der Waals surface area contributed by atoms with Gasteiger partial charge in [-0.3, -0.25) is 4.79 Å². The van der Waals surface area contributed by atoms with E-state index in [-0.39, 0.29) is 5.92 Å². The summed E-state index contributed by atoms with van der Waals surface area (Å²) in [6, 6.07) is 4.56. The number of nitrogens with zero attached hydrogens (tertiary/aromatic N) is 1. The quantitative estimate of drug-likeness (QED) is 0.905. The predicted molar refractivity (Wildman–Crippen MR) is 72.2 cm³/mol. The van der Waals surface area contributed by atoms with Crippen LogP contribution >= 0.6 is 0 Å². The molecule has 2 aliphatic carbocycles. The van der Waals surface area contributed by atoms with Crippen molar-refractivity contribution in [3.05, 3.63) is 24.2 Å². The first kappa shape index (κ1) is 12.7. The van der Waals surface area contributed by atoms with Crippen molar-refractivity contribution >= 4 is 5.91 Å². The largest absolute Gasteiger partial charge is 0.467 e. The molecule has 0 unspecified atom stereocenters. The number of rotatable bonds is 4. The Morgan fingerprint density at radius 3 is 2.58 bits per heavy atom. The van der Waals surface area contributed by atoms with Gasteiger partial charge >= 0.3 is 0 Å². The summed E-state index contributed by atoms with van der Waals surface area (Å²) in [5.41, 5.74) is 5.92. The van der Waals surface area contributed by atoms with Crippen molar-refractivity contribution in [1.82, 2.24) is 4.90 Å². The van der Waals surface area contributed by atoms with Crippen molar-refractivity contribution in [3.63, 3.8) is 0 Å². The minimum absolute atomic E-state index is 0.176. The summed E-state index contributed by atoms with van der Waals surface area (Å²) < 4.78 is 5.38. The lowest BCUT2D eigenvalue weighted by Crippen LogP contribution is -2.40. The third-order valence-electron chi connectivity index (χ3n) is 4.30. The lowest BCUT2D eigenvalue weighted by Gasteiger charge is -2.30. The topological polar surface area (TPSA) is 59.5 Å². The van der Waals surface area contributed by atoms with E-state index in [0.29, 0.717) is 24.5 Å². The van der Waals surface area contributed by atoms with E-state index in [1.807, 2.05) is 17.0 Å². The van der Waals surface area contributed by atoms with E-state index in [1.54, 1.807) is 6.26 Å². The molecule has 19 heavy (non-hydrogen) atoms. The number of hydrogen-bond donors (Lipinski definition) is 1. The Morgan fingerprint density at radius 2 is 2.00 bits per heavy atom. The van der Waals surface area contributed by atoms with Crippen LogP contribution in [0.3, 0.4) is 0 Å². The Labute approximate surface area is 113 Å². The molecular formula is C15H22N2O2. The lowest BCUT2D eigenvalue weighted by molar-refractivity contribution is -0.138. The molecule has 1 aromatic heterocycles. The summed E-state index contributed by atoms with van der Waals surface area (Å²) >= 11 is 0. The minimum Gasteiger partial charge on any atom is -0.467 e. The van der Waals surface area contributed by atoms with Crippen LogP contribution in [0.25, 0.3) is 0 Å². The van der Waals surface area contributed by atoms with E-state index in [4.69, 9.17) is 10.2 Å². The van der Waals surface area contributed by atoms with Crippen LogP contribution < -0.4 is 5.73 Å². The fourth-order valence-electron chi connectivity index (χ4n) is 2.94. The Balaban J connectivity index is 1.64. The Bertz CT molecular complexity index is 417. The Kier molecular flexibility index (Phi) is 3.60. The zero-order chi connectivity index (χ0) is 13.2. The molecule has 4 heteroatoms. The normalized spacial score (nSPS) is 27.2. The molecule has 0 aromatic carbocycles. The smallest absolute Gasteiger partial charge is 0.226 e. The van der Waals surface area contributed by atoms with Crippen LogP contribution in [0.15, 0.2) is 22.8 Å². The highest BCUT2D eigenvalue weighted by Gasteiger charge is 2.37. The maximum atomic E-state index is 12.7. The Hall–Kier alpha value is -1.29. The summed E-state index contributed by atoms with van der Waals surface area (Å²) in [6.07, 6.45) is 7.80. The summed E-state index contributed by atoms with van der Waals surface area (Å²) in [5.74, 6) is 1.37. The number of carbonyl (C=O) groups is 1. The van der Waals surface area contributed by atoms with Crippen molar-refractivity contribution in [3.8, 4) is 0 Å². The third kappa shape index (κ3) is 3.00. The summed E-state index contributed by atoms with van der Waals surface area (Å²) in [5, 5.41) is 0. The van der Waals surface area contributed by atoms with Gasteiger partial charge in [-0.25, -0.2) is 0 Å². The van der Waals surface area contributed by atoms with E-state index >= 15 is 0 Å². The molecule has 4 nitrogen and oxygen atoms in total. The monoisotopic (exact) mass is 262 g/mol. The van der Waals surface area contributed by atoms with Gasteiger partial charge in [-0.1, -0.05) is 0 Å². The molecular weight excluding hydrogens is 240 g/mol. The molecule has 3 rings (SSSR count). The van der Waals surface area contributed by atoms with Gasteiger partial charge < -0.3 is 15.1 Å². The van der Waals surface area contributed by atoms with Crippen LogP contribution in [-0.4, -0.2) is 22.9 Å². The SMILES string of the molecule is NC1CCC(C(=O)N(Cc2ccco2)C2CC2)CC1. The van der Waals surface area contributed by atoms with Crippen LogP contribution in [0.4, 0.5) is 0 Å². The fourth-order valence-corrected chi connectivity index (χ4v) is 2.94. The number of hydrogen-bond acceptors (Lipinski definition) is 3. The maximum absolute atomic E-state index is 12.7. The molecule has 0 spiro atoms. The van der Waals surface area contributed by atoms with Crippen molar-refractivity contribution in [2.75, 3.05) is 0 Å². The highest BCUT2D eigenvalue weighted by molar-refractivity contribution is 5.79. The first-order valence-corrected chi connectivity index (χ1v) is 7.32. The third-order valence-corrected chi connectivity index (χ3v) is 4.30. The van der Waals surface area contributed by atoms with Gasteiger partial charge in [0.05, 0.1) is 12.8 Å². The van der Waals surface area contributed by atoms with Gasteiger partial charge in [-0.2, -0.15) is 0 Å². The van der Waals surface area contributed by atoms with E-state index in [1.165, 1.54) is 0 Å². The molecule has 0 aliphatic heterocycles. The molecule has 0 radical (unpaired) electrons. The Morgan fingerprint density at radius 1 is 1.26 bits per heavy atom. The average Bonchev–Trinajstić information content (AvgIpc) is 3.13. The molecule has 0 saturated heterocycles. The van der Waals surface area contributed by atoms with Gasteiger partial charge in [0.15, 0.2) is 0 Å². The standard InChI is InChI=1S/C15H22N2O2/c16-12-5-3-11(4-6-12)15(18)17(13-7-8-13)10-14-2-1-9-19-14/h1-2,9,11-13H,3-8,10,16H2. The number of amides is 1. The highest BCUT2D eigenvalue weighted by atomic mass is 16.3. The van der Waals surface area contributed by atoms with Gasteiger partial charge in [0, 0.05) is 18.0 Å². The van der Waals surface area contributed by atoms with E-state index in [0.717, 1.165) is 44.3 Å². The maximum Gasteiger partial charge on any atom is 0.226 e. The first-order chi connectivity index (χ1) is 9.24. The predicted octanol–water partition coefficient (Wildman–Crippen LogP) is 2.29. The van der Waals surface area contributed by atoms with Crippen molar-refractivity contribution in [1.29, 1.82) is 0 Å². The van der Waals surface area contributed by atoms with Gasteiger partial charge in [0.25, 0.3) is 0 Å². The van der Waals surface area contributed by atoms with Crippen LogP contribution in [0.1, 0.15) is 44.3 Å². The zero-order valence-corrected chi connectivity index (χ0v) is 11.3. The summed E-state index contributed by atoms with van der Waals surface area (Å²) in [6.45, 7) is 0.624. The molecule has 0 atom stereocenters. The molecule has 104 valence electrons. The van der Waals surface area contributed by atoms with E-state index in [2.05, 4.69) is 0 Å². The van der Waals surface area contributed by atoms with E-state index < -0.39 is 0 Å². The van der Waals surface area contributed by atoms with Crippen molar-refractivity contribution in [2.45, 2.75) is 57.2 Å². The second-order valence-corrected chi connectivity index (χ2v) is 5.89. The molecule has 1 aromatic rings. The molecule has 2 saturated carbocycles. The fraction of sp³-hybridized carbons (Fsp3) is 0.667. The second kappa shape index (κ2) is 5.37. The van der Waals surface area contributed by atoms with Gasteiger partial charge in [-0.05, 0) is 50.7 Å².